The number of fused-ring (bicyclic) bond motifs is 1. The number of aromatic nitrogens is 4. The third kappa shape index (κ3) is 6.11. The van der Waals surface area contributed by atoms with Gasteiger partial charge < -0.3 is 14.6 Å². The smallest absolute Gasteiger partial charge is 0.332 e. The number of esters is 1. The Hall–Kier alpha value is -4.19. The molecule has 0 aliphatic carbocycles. The average molecular weight is 554 g/mol. The molecule has 0 saturated heterocycles. The molecular weight excluding hydrogens is 525 g/mol. The van der Waals surface area contributed by atoms with Crippen LogP contribution in [0.15, 0.2) is 69.3 Å². The summed E-state index contributed by atoms with van der Waals surface area (Å²) in [4.78, 5) is 55.5. The van der Waals surface area contributed by atoms with Crippen molar-refractivity contribution in [2.75, 3.05) is 12.4 Å². The van der Waals surface area contributed by atoms with Crippen molar-refractivity contribution >= 4 is 34.8 Å². The highest BCUT2D eigenvalue weighted by Gasteiger charge is 2.24. The van der Waals surface area contributed by atoms with E-state index in [1.807, 2.05) is 30.3 Å². The van der Waals surface area contributed by atoms with Crippen LogP contribution in [0.5, 0.6) is 0 Å². The van der Waals surface area contributed by atoms with E-state index in [1.165, 1.54) is 29.3 Å². The van der Waals surface area contributed by atoms with Crippen molar-refractivity contribution in [3.05, 3.63) is 92.4 Å². The molecule has 1 amide bonds. The van der Waals surface area contributed by atoms with Crippen LogP contribution in [0.25, 0.3) is 11.2 Å². The Morgan fingerprint density at radius 3 is 2.44 bits per heavy atom. The van der Waals surface area contributed by atoms with Gasteiger partial charge in [0.15, 0.2) is 16.3 Å². The maximum absolute atomic E-state index is 14.5. The first-order chi connectivity index (χ1) is 18.7. The summed E-state index contributed by atoms with van der Waals surface area (Å²) < 4.78 is 23.4. The minimum Gasteiger partial charge on any atom is -0.464 e. The molecule has 1 N–H and O–H groups in total. The second kappa shape index (κ2) is 12.1. The highest BCUT2D eigenvalue weighted by molar-refractivity contribution is 7.99. The van der Waals surface area contributed by atoms with E-state index in [0.29, 0.717) is 5.56 Å². The number of halogens is 1. The molecule has 0 spiro atoms. The normalized spacial score (nSPS) is 11.9. The van der Waals surface area contributed by atoms with Gasteiger partial charge in [0.05, 0.1) is 18.9 Å². The first-order valence-electron chi connectivity index (χ1n) is 12.2. The molecular formula is C27H28FN5O5S. The van der Waals surface area contributed by atoms with Gasteiger partial charge in [0.1, 0.15) is 11.9 Å². The molecule has 0 radical (unpaired) electrons. The fourth-order valence-electron chi connectivity index (χ4n) is 4.13. The van der Waals surface area contributed by atoms with E-state index in [9.17, 15) is 23.6 Å². The highest BCUT2D eigenvalue weighted by atomic mass is 32.2. The lowest BCUT2D eigenvalue weighted by molar-refractivity contribution is -0.147. The van der Waals surface area contributed by atoms with Gasteiger partial charge in [-0.25, -0.2) is 19.0 Å². The lowest BCUT2D eigenvalue weighted by atomic mass is 10.1. The largest absolute Gasteiger partial charge is 0.464 e. The Labute approximate surface area is 227 Å². The zero-order chi connectivity index (χ0) is 28.1. The van der Waals surface area contributed by atoms with Crippen molar-refractivity contribution in [1.29, 1.82) is 0 Å². The summed E-state index contributed by atoms with van der Waals surface area (Å²) in [6.45, 7) is 1.81. The van der Waals surface area contributed by atoms with Crippen LogP contribution in [0.1, 0.15) is 18.1 Å². The van der Waals surface area contributed by atoms with Gasteiger partial charge >= 0.3 is 11.7 Å². The van der Waals surface area contributed by atoms with Gasteiger partial charge in [0.25, 0.3) is 5.56 Å². The van der Waals surface area contributed by atoms with E-state index >= 15 is 0 Å². The fraction of sp³-hybridized carbons (Fsp3) is 0.296. The molecule has 2 heterocycles. The molecule has 0 aliphatic heterocycles. The van der Waals surface area contributed by atoms with E-state index in [0.717, 1.165) is 21.9 Å². The zero-order valence-electron chi connectivity index (χ0n) is 21.7. The second-order valence-electron chi connectivity index (χ2n) is 8.80. The summed E-state index contributed by atoms with van der Waals surface area (Å²) in [5.41, 5.74) is 0.250. The molecule has 0 aliphatic rings. The number of carbonyl (C=O) groups excluding carboxylic acids is 2. The Bertz CT molecular complexity index is 1630. The van der Waals surface area contributed by atoms with Gasteiger partial charge in [0.2, 0.25) is 5.91 Å². The quantitative estimate of drug-likeness (QED) is 0.236. The fourth-order valence-corrected chi connectivity index (χ4v) is 4.94. The summed E-state index contributed by atoms with van der Waals surface area (Å²) in [5.74, 6) is -1.63. The first kappa shape index (κ1) is 27.8. The number of nitrogens with one attached hydrogen (secondary N) is 1. The number of benzene rings is 2. The van der Waals surface area contributed by atoms with Crippen LogP contribution in [-0.2, 0) is 41.4 Å². The molecule has 1 atom stereocenters. The monoisotopic (exact) mass is 553 g/mol. The van der Waals surface area contributed by atoms with Crippen molar-refractivity contribution in [3.63, 3.8) is 0 Å². The van der Waals surface area contributed by atoms with Gasteiger partial charge in [0, 0.05) is 26.1 Å². The van der Waals surface area contributed by atoms with Gasteiger partial charge in [-0.2, -0.15) is 0 Å². The van der Waals surface area contributed by atoms with Crippen LogP contribution < -0.4 is 16.6 Å². The van der Waals surface area contributed by atoms with Crippen LogP contribution in [0.2, 0.25) is 0 Å². The molecule has 12 heteroatoms. The average Bonchev–Trinajstić information content (AvgIpc) is 3.29. The molecule has 4 aromatic rings. The third-order valence-electron chi connectivity index (χ3n) is 6.12. The Kier molecular flexibility index (Phi) is 8.65. The number of hydrogen-bond acceptors (Lipinski definition) is 7. The van der Waals surface area contributed by atoms with E-state index < -0.39 is 35.0 Å². The summed E-state index contributed by atoms with van der Waals surface area (Å²) in [6.07, 6.45) is 0.250. The SMILES string of the molecule is CCOC(=O)[C@@H](Cc1ccccc1)NC(=O)CSc1nc2c(c(=O)n(C)c(=O)n2C)n1Cc1ccccc1F. The molecule has 2 aromatic heterocycles. The van der Waals surface area contributed by atoms with Crippen molar-refractivity contribution in [2.45, 2.75) is 31.1 Å². The highest BCUT2D eigenvalue weighted by Crippen LogP contribution is 2.24. The Morgan fingerprint density at radius 2 is 1.74 bits per heavy atom. The summed E-state index contributed by atoms with van der Waals surface area (Å²) in [5, 5.41) is 2.97. The number of imidazole rings is 1. The first-order valence-corrected chi connectivity index (χ1v) is 13.2. The van der Waals surface area contributed by atoms with Crippen molar-refractivity contribution in [2.24, 2.45) is 14.1 Å². The zero-order valence-corrected chi connectivity index (χ0v) is 22.5. The van der Waals surface area contributed by atoms with Crippen LogP contribution in [0, 0.1) is 5.82 Å². The standard InChI is InChI=1S/C27H28FN5O5S/c1-4-38-25(36)20(14-17-10-6-5-7-11-17)29-21(34)16-39-26-30-23-22(24(35)32(3)27(37)31(23)2)33(26)15-18-12-8-9-13-19(18)28/h5-13,20H,4,14-16H2,1-3H3,(H,29,34)/t20-/m1/s1. The number of aryl methyl sites for hydroxylation is 1. The van der Waals surface area contributed by atoms with Crippen LogP contribution in [0.3, 0.4) is 0 Å². The summed E-state index contributed by atoms with van der Waals surface area (Å²) in [6, 6.07) is 14.5. The van der Waals surface area contributed by atoms with Gasteiger partial charge in [-0.05, 0) is 18.6 Å². The molecule has 10 nitrogen and oxygen atoms in total. The Morgan fingerprint density at radius 1 is 1.05 bits per heavy atom. The van der Waals surface area contributed by atoms with Crippen molar-refractivity contribution < 1.29 is 18.7 Å². The number of ether oxygens (including phenoxy) is 1. The maximum atomic E-state index is 14.5. The number of thioether (sulfide) groups is 1. The van der Waals surface area contributed by atoms with Gasteiger partial charge in [-0.1, -0.05) is 60.3 Å². The number of rotatable bonds is 10. The molecule has 4 rings (SSSR count). The van der Waals surface area contributed by atoms with Crippen LogP contribution in [0.4, 0.5) is 4.39 Å². The topological polar surface area (TPSA) is 117 Å². The van der Waals surface area contributed by atoms with E-state index in [2.05, 4.69) is 10.3 Å². The van der Waals surface area contributed by atoms with Crippen LogP contribution in [-0.4, -0.2) is 49.0 Å². The molecule has 0 fully saturated rings. The molecule has 0 bridgehead atoms. The van der Waals surface area contributed by atoms with Crippen molar-refractivity contribution in [3.8, 4) is 0 Å². The van der Waals surface area contributed by atoms with Gasteiger partial charge in [-0.3, -0.25) is 18.7 Å². The van der Waals surface area contributed by atoms with E-state index in [4.69, 9.17) is 4.74 Å². The van der Waals surface area contributed by atoms with E-state index in [1.54, 1.807) is 25.1 Å². The number of nitrogens with zero attached hydrogens (tertiary/aromatic N) is 4. The lowest BCUT2D eigenvalue weighted by Gasteiger charge is -2.17. The van der Waals surface area contributed by atoms with Gasteiger partial charge in [-0.15, -0.1) is 0 Å². The molecule has 204 valence electrons. The van der Waals surface area contributed by atoms with Crippen molar-refractivity contribution in [1.82, 2.24) is 24.0 Å². The summed E-state index contributed by atoms with van der Waals surface area (Å²) >= 11 is 1.01. The minimum atomic E-state index is -0.897. The Balaban J connectivity index is 1.63. The number of amides is 1. The predicted octanol–water partition coefficient (Wildman–Crippen LogP) is 2.00. The predicted molar refractivity (Wildman–Crippen MR) is 145 cm³/mol. The molecule has 0 unspecified atom stereocenters. The minimum absolute atomic E-state index is 0.0416. The third-order valence-corrected chi connectivity index (χ3v) is 7.10. The number of carbonyl (C=O) groups is 2. The molecule has 2 aromatic carbocycles. The number of hydrogen-bond donors (Lipinski definition) is 1. The lowest BCUT2D eigenvalue weighted by Crippen LogP contribution is -2.44. The molecule has 0 saturated carbocycles. The second-order valence-corrected chi connectivity index (χ2v) is 9.74. The van der Waals surface area contributed by atoms with E-state index in [-0.39, 0.29) is 41.6 Å². The van der Waals surface area contributed by atoms with Crippen LogP contribution >= 0.6 is 11.8 Å². The summed E-state index contributed by atoms with van der Waals surface area (Å²) in [7, 11) is 2.84. The maximum Gasteiger partial charge on any atom is 0.332 e. The molecule has 39 heavy (non-hydrogen) atoms.